The van der Waals surface area contributed by atoms with Gasteiger partial charge in [0.15, 0.2) is 0 Å². The van der Waals surface area contributed by atoms with Crippen LogP contribution in [0.15, 0.2) is 24.3 Å². The molecule has 0 heterocycles. The Morgan fingerprint density at radius 3 is 2.53 bits per heavy atom. The first-order valence-corrected chi connectivity index (χ1v) is 6.48. The van der Waals surface area contributed by atoms with Crippen LogP contribution in [0.1, 0.15) is 18.1 Å². The Morgan fingerprint density at radius 1 is 1.37 bits per heavy atom. The summed E-state index contributed by atoms with van der Waals surface area (Å²) in [5.74, 6) is -0.247. The van der Waals surface area contributed by atoms with E-state index in [1.165, 1.54) is 19.2 Å². The molecule has 2 N–H and O–H groups in total. The number of esters is 1. The molecule has 0 aliphatic heterocycles. The molecule has 1 rings (SSSR count). The number of aliphatic hydroxyl groups excluding tert-OH is 1. The Hall–Kier alpha value is -1.24. The quantitative estimate of drug-likeness (QED) is 0.520. The first-order valence-electron chi connectivity index (χ1n) is 5.84. The van der Waals surface area contributed by atoms with E-state index in [1.807, 2.05) is 0 Å². The van der Waals surface area contributed by atoms with Crippen LogP contribution in [0.5, 0.6) is 5.75 Å². The van der Waals surface area contributed by atoms with E-state index in [-0.39, 0.29) is 18.1 Å². The predicted octanol–water partition coefficient (Wildman–Crippen LogP) is 1.30. The van der Waals surface area contributed by atoms with Crippen LogP contribution in [0, 0.1) is 0 Å². The summed E-state index contributed by atoms with van der Waals surface area (Å²) in [4.78, 5) is 10.9. The number of benzene rings is 1. The van der Waals surface area contributed by atoms with Crippen molar-refractivity contribution in [3.8, 4) is 5.75 Å². The van der Waals surface area contributed by atoms with Gasteiger partial charge in [-0.25, -0.2) is 0 Å². The molecule has 0 aliphatic rings. The molecule has 0 saturated heterocycles. The fraction of sp³-hybridized carbons (Fsp3) is 0.462. The van der Waals surface area contributed by atoms with Gasteiger partial charge in [0.1, 0.15) is 11.9 Å². The highest BCUT2D eigenvalue weighted by molar-refractivity contribution is 7.81. The maximum absolute atomic E-state index is 10.9. The topological polar surface area (TPSA) is 76.0 Å². The number of hydrogen-bond donors (Lipinski definition) is 3. The molecule has 0 aromatic heterocycles. The monoisotopic (exact) mass is 286 g/mol. The maximum atomic E-state index is 10.9. The van der Waals surface area contributed by atoms with Crippen molar-refractivity contribution in [1.82, 2.24) is 0 Å². The molecule has 6 heteroatoms. The van der Waals surface area contributed by atoms with Crippen LogP contribution in [0.3, 0.4) is 0 Å². The number of phenolic OH excluding ortho intramolecular Hbond substituents is 1. The lowest BCUT2D eigenvalue weighted by Crippen LogP contribution is -2.23. The van der Waals surface area contributed by atoms with Gasteiger partial charge in [0, 0.05) is 13.5 Å². The van der Waals surface area contributed by atoms with Crippen molar-refractivity contribution >= 4 is 18.6 Å². The number of ether oxygens (including phenoxy) is 2. The molecule has 0 fully saturated rings. The SMILES string of the molecule is CO[C@@H](CCOC(=O)CS)[C@@H](O)c1ccc(O)cc1. The largest absolute Gasteiger partial charge is 0.508 e. The smallest absolute Gasteiger partial charge is 0.315 e. The highest BCUT2D eigenvalue weighted by Crippen LogP contribution is 2.23. The molecule has 5 nitrogen and oxygen atoms in total. The number of carbonyl (C=O) groups excluding carboxylic acids is 1. The predicted molar refractivity (Wildman–Crippen MR) is 73.3 cm³/mol. The van der Waals surface area contributed by atoms with Gasteiger partial charge in [-0.15, -0.1) is 0 Å². The molecule has 0 spiro atoms. The summed E-state index contributed by atoms with van der Waals surface area (Å²) in [5.41, 5.74) is 0.630. The molecule has 0 amide bonds. The zero-order chi connectivity index (χ0) is 14.3. The van der Waals surface area contributed by atoms with Crippen LogP contribution in [-0.4, -0.2) is 41.8 Å². The summed E-state index contributed by atoms with van der Waals surface area (Å²) >= 11 is 3.79. The lowest BCUT2D eigenvalue weighted by molar-refractivity contribution is -0.141. The van der Waals surface area contributed by atoms with E-state index in [2.05, 4.69) is 12.6 Å². The van der Waals surface area contributed by atoms with Gasteiger partial charge in [-0.2, -0.15) is 12.6 Å². The van der Waals surface area contributed by atoms with Crippen molar-refractivity contribution in [2.75, 3.05) is 19.5 Å². The second-order valence-electron chi connectivity index (χ2n) is 3.98. The minimum absolute atomic E-state index is 0.0260. The van der Waals surface area contributed by atoms with Gasteiger partial charge in [-0.05, 0) is 17.7 Å². The Morgan fingerprint density at radius 2 is 2.00 bits per heavy atom. The minimum atomic E-state index is -0.847. The lowest BCUT2D eigenvalue weighted by Gasteiger charge is -2.21. The van der Waals surface area contributed by atoms with Crippen LogP contribution in [-0.2, 0) is 14.3 Å². The Labute approximate surface area is 117 Å². The van der Waals surface area contributed by atoms with Crippen LogP contribution in [0.4, 0.5) is 0 Å². The first kappa shape index (κ1) is 15.8. The summed E-state index contributed by atoms with van der Waals surface area (Å²) in [6, 6.07) is 6.22. The normalized spacial score (nSPS) is 13.8. The fourth-order valence-corrected chi connectivity index (χ4v) is 1.72. The van der Waals surface area contributed by atoms with Gasteiger partial charge in [0.25, 0.3) is 0 Å². The zero-order valence-electron chi connectivity index (χ0n) is 10.7. The van der Waals surface area contributed by atoms with Crippen LogP contribution < -0.4 is 0 Å². The van der Waals surface area contributed by atoms with Crippen molar-refractivity contribution in [1.29, 1.82) is 0 Å². The Bertz CT molecular complexity index is 393. The third-order valence-electron chi connectivity index (χ3n) is 2.68. The molecule has 0 radical (unpaired) electrons. The van der Waals surface area contributed by atoms with Crippen LogP contribution >= 0.6 is 12.6 Å². The molecule has 19 heavy (non-hydrogen) atoms. The van der Waals surface area contributed by atoms with Gasteiger partial charge >= 0.3 is 5.97 Å². The molecule has 0 saturated carbocycles. The third kappa shape index (κ3) is 5.10. The summed E-state index contributed by atoms with van der Waals surface area (Å²) < 4.78 is 10.1. The van der Waals surface area contributed by atoms with Gasteiger partial charge in [0.2, 0.25) is 0 Å². The molecule has 1 aromatic carbocycles. The maximum Gasteiger partial charge on any atom is 0.315 e. The second-order valence-corrected chi connectivity index (χ2v) is 4.29. The van der Waals surface area contributed by atoms with Crippen molar-refractivity contribution in [2.45, 2.75) is 18.6 Å². The molecule has 0 unspecified atom stereocenters. The number of aliphatic hydroxyl groups is 1. The van der Waals surface area contributed by atoms with Crippen molar-refractivity contribution in [3.05, 3.63) is 29.8 Å². The Kier molecular flexibility index (Phi) is 6.69. The van der Waals surface area contributed by atoms with Gasteiger partial charge < -0.3 is 19.7 Å². The van der Waals surface area contributed by atoms with Crippen LogP contribution in [0.2, 0.25) is 0 Å². The number of aromatic hydroxyl groups is 1. The lowest BCUT2D eigenvalue weighted by atomic mass is 10.0. The summed E-state index contributed by atoms with van der Waals surface area (Å²) in [5, 5.41) is 19.3. The Balaban J connectivity index is 2.53. The highest BCUT2D eigenvalue weighted by atomic mass is 32.1. The van der Waals surface area contributed by atoms with Crippen molar-refractivity contribution in [3.63, 3.8) is 0 Å². The third-order valence-corrected chi connectivity index (χ3v) is 2.94. The van der Waals surface area contributed by atoms with Gasteiger partial charge in [0.05, 0.1) is 18.5 Å². The van der Waals surface area contributed by atoms with E-state index >= 15 is 0 Å². The fourth-order valence-electron chi connectivity index (χ4n) is 1.63. The molecule has 106 valence electrons. The van der Waals surface area contributed by atoms with Crippen LogP contribution in [0.25, 0.3) is 0 Å². The van der Waals surface area contributed by atoms with E-state index in [4.69, 9.17) is 9.47 Å². The number of carbonyl (C=O) groups is 1. The minimum Gasteiger partial charge on any atom is -0.508 e. The number of hydrogen-bond acceptors (Lipinski definition) is 6. The summed E-state index contributed by atoms with van der Waals surface area (Å²) in [6.07, 6.45) is -0.963. The van der Waals surface area contributed by atoms with Gasteiger partial charge in [-0.3, -0.25) is 4.79 Å². The molecule has 0 aliphatic carbocycles. The van der Waals surface area contributed by atoms with E-state index < -0.39 is 18.2 Å². The number of thiol groups is 1. The average molecular weight is 286 g/mol. The molecule has 0 bridgehead atoms. The van der Waals surface area contributed by atoms with Crippen molar-refractivity contribution in [2.24, 2.45) is 0 Å². The van der Waals surface area contributed by atoms with E-state index in [9.17, 15) is 15.0 Å². The van der Waals surface area contributed by atoms with E-state index in [0.717, 1.165) is 0 Å². The summed E-state index contributed by atoms with van der Waals surface area (Å²) in [7, 11) is 1.48. The molecular weight excluding hydrogens is 268 g/mol. The first-order chi connectivity index (χ1) is 9.08. The number of phenols is 1. The zero-order valence-corrected chi connectivity index (χ0v) is 11.5. The van der Waals surface area contributed by atoms with E-state index in [0.29, 0.717) is 12.0 Å². The second kappa shape index (κ2) is 8.04. The van der Waals surface area contributed by atoms with E-state index in [1.54, 1.807) is 12.1 Å². The molecule has 2 atom stereocenters. The number of methoxy groups -OCH3 is 1. The number of rotatable bonds is 7. The van der Waals surface area contributed by atoms with Crippen molar-refractivity contribution < 1.29 is 24.5 Å². The standard InChI is InChI=1S/C13H18O5S/c1-17-11(6-7-18-12(15)8-19)13(16)9-2-4-10(14)5-3-9/h2-5,11,13-14,16,19H,6-8H2,1H3/t11-,13-/m0/s1. The van der Waals surface area contributed by atoms with Gasteiger partial charge in [-0.1, -0.05) is 12.1 Å². The molecular formula is C13H18O5S. The highest BCUT2D eigenvalue weighted by Gasteiger charge is 2.20. The average Bonchev–Trinajstić information content (AvgIpc) is 2.43. The molecule has 1 aromatic rings. The summed E-state index contributed by atoms with van der Waals surface area (Å²) in [6.45, 7) is 0.160.